The summed E-state index contributed by atoms with van der Waals surface area (Å²) in [6, 6.07) is 5.08. The first kappa shape index (κ1) is 12.7. The fourth-order valence-electron chi connectivity index (χ4n) is 2.27. The number of halogens is 1. The van der Waals surface area contributed by atoms with Crippen LogP contribution in [0.3, 0.4) is 0 Å². The monoisotopic (exact) mass is 291 g/mol. The molecule has 102 valence electrons. The van der Waals surface area contributed by atoms with Crippen molar-refractivity contribution in [3.05, 3.63) is 35.1 Å². The Labute approximate surface area is 119 Å². The number of carboxylic acids is 1. The Morgan fingerprint density at radius 1 is 1.45 bits per heavy atom. The Balaban J connectivity index is 2.31. The van der Waals surface area contributed by atoms with Crippen LogP contribution in [0.2, 0.25) is 5.02 Å². The highest BCUT2D eigenvalue weighted by atomic mass is 35.5. The summed E-state index contributed by atoms with van der Waals surface area (Å²) in [5, 5.41) is 9.66. The highest BCUT2D eigenvalue weighted by Gasteiger charge is 2.27. The number of aromatic nitrogens is 2. The van der Waals surface area contributed by atoms with Crippen LogP contribution in [0.25, 0.3) is 11.4 Å². The maximum Gasteiger partial charge on any atom is 0.354 e. The van der Waals surface area contributed by atoms with Crippen LogP contribution >= 0.6 is 11.6 Å². The number of amides is 1. The van der Waals surface area contributed by atoms with Crippen LogP contribution in [0.1, 0.15) is 10.5 Å². The van der Waals surface area contributed by atoms with E-state index < -0.39 is 5.97 Å². The Morgan fingerprint density at radius 3 is 2.90 bits per heavy atom. The number of hydrogen-bond acceptors (Lipinski definition) is 3. The molecular formula is C13H10ClN3O3. The Kier molecular flexibility index (Phi) is 2.76. The maximum absolute atomic E-state index is 12.2. The van der Waals surface area contributed by atoms with Crippen molar-refractivity contribution >= 4 is 29.2 Å². The third-order valence-electron chi connectivity index (χ3n) is 3.30. The molecule has 1 aliphatic rings. The lowest BCUT2D eigenvalue weighted by Crippen LogP contribution is -2.29. The predicted molar refractivity (Wildman–Crippen MR) is 73.0 cm³/mol. The topological polar surface area (TPSA) is 75.4 Å². The van der Waals surface area contributed by atoms with Crippen molar-refractivity contribution in [1.29, 1.82) is 0 Å². The molecule has 7 heteroatoms. The molecule has 0 unspecified atom stereocenters. The predicted octanol–water partition coefficient (Wildman–Crippen LogP) is 1.88. The van der Waals surface area contributed by atoms with Gasteiger partial charge in [-0.15, -0.1) is 0 Å². The molecule has 1 amide bonds. The van der Waals surface area contributed by atoms with E-state index in [1.807, 2.05) is 0 Å². The quantitative estimate of drug-likeness (QED) is 0.870. The van der Waals surface area contributed by atoms with Crippen molar-refractivity contribution in [2.75, 3.05) is 11.9 Å². The van der Waals surface area contributed by atoms with Gasteiger partial charge >= 0.3 is 5.97 Å². The highest BCUT2D eigenvalue weighted by Crippen LogP contribution is 2.35. The number of rotatable bonds is 1. The summed E-state index contributed by atoms with van der Waals surface area (Å²) in [5.74, 6) is -0.892. The Morgan fingerprint density at radius 2 is 2.20 bits per heavy atom. The van der Waals surface area contributed by atoms with Gasteiger partial charge in [0.15, 0.2) is 0 Å². The number of imidazole rings is 1. The summed E-state index contributed by atoms with van der Waals surface area (Å²) in [6.07, 6.45) is 1.26. The average Bonchev–Trinajstić information content (AvgIpc) is 2.77. The van der Waals surface area contributed by atoms with Crippen LogP contribution in [-0.2, 0) is 11.3 Å². The molecule has 0 saturated heterocycles. The van der Waals surface area contributed by atoms with Crippen molar-refractivity contribution in [1.82, 2.24) is 9.55 Å². The molecule has 1 N–H and O–H groups in total. The number of carbonyl (C=O) groups is 2. The van der Waals surface area contributed by atoms with E-state index in [1.54, 1.807) is 25.2 Å². The van der Waals surface area contributed by atoms with Gasteiger partial charge in [-0.2, -0.15) is 0 Å². The first-order valence-corrected chi connectivity index (χ1v) is 6.22. The largest absolute Gasteiger partial charge is 0.477 e. The second-order valence-corrected chi connectivity index (χ2v) is 4.91. The number of likely N-dealkylation sites (N-methyl/N-ethyl adjacent to an activating group) is 1. The van der Waals surface area contributed by atoms with Gasteiger partial charge in [0.05, 0.1) is 11.9 Å². The molecule has 0 spiro atoms. The van der Waals surface area contributed by atoms with Gasteiger partial charge in [-0.3, -0.25) is 4.79 Å². The summed E-state index contributed by atoms with van der Waals surface area (Å²) in [6.45, 7) is -0.0697. The smallest absolute Gasteiger partial charge is 0.354 e. The van der Waals surface area contributed by atoms with E-state index in [-0.39, 0.29) is 18.1 Å². The lowest BCUT2D eigenvalue weighted by molar-refractivity contribution is -0.118. The zero-order chi connectivity index (χ0) is 14.4. The lowest BCUT2D eigenvalue weighted by Gasteiger charge is -2.16. The molecule has 20 heavy (non-hydrogen) atoms. The summed E-state index contributed by atoms with van der Waals surface area (Å²) < 4.78 is 1.40. The summed E-state index contributed by atoms with van der Waals surface area (Å²) in [4.78, 5) is 29.0. The van der Waals surface area contributed by atoms with Crippen molar-refractivity contribution < 1.29 is 14.7 Å². The lowest BCUT2D eigenvalue weighted by atomic mass is 10.1. The molecule has 0 atom stereocenters. The zero-order valence-electron chi connectivity index (χ0n) is 10.5. The van der Waals surface area contributed by atoms with Gasteiger partial charge in [-0.05, 0) is 18.2 Å². The molecule has 6 nitrogen and oxygen atoms in total. The van der Waals surface area contributed by atoms with E-state index in [4.69, 9.17) is 16.7 Å². The molecule has 1 aromatic carbocycles. The van der Waals surface area contributed by atoms with E-state index in [0.717, 1.165) is 0 Å². The van der Waals surface area contributed by atoms with Crippen molar-refractivity contribution in [3.63, 3.8) is 0 Å². The molecule has 1 aromatic heterocycles. The molecule has 0 bridgehead atoms. The molecule has 2 aromatic rings. The number of aromatic carboxylic acids is 1. The van der Waals surface area contributed by atoms with Crippen LogP contribution in [0.4, 0.5) is 5.69 Å². The Bertz CT molecular complexity index is 738. The SMILES string of the molecule is CN1C(=O)Cn2c(C(=O)O)cnc2-c2ccc(Cl)cc21. The summed E-state index contributed by atoms with van der Waals surface area (Å²) in [5.41, 5.74) is 1.28. The van der Waals surface area contributed by atoms with Gasteiger partial charge < -0.3 is 14.6 Å². The van der Waals surface area contributed by atoms with Crippen LogP contribution < -0.4 is 4.90 Å². The molecule has 2 heterocycles. The van der Waals surface area contributed by atoms with E-state index >= 15 is 0 Å². The number of nitrogens with zero attached hydrogens (tertiary/aromatic N) is 3. The van der Waals surface area contributed by atoms with Crippen molar-refractivity contribution in [3.8, 4) is 11.4 Å². The molecule has 0 radical (unpaired) electrons. The van der Waals surface area contributed by atoms with E-state index in [1.165, 1.54) is 15.7 Å². The van der Waals surface area contributed by atoms with Gasteiger partial charge in [0.25, 0.3) is 0 Å². The second kappa shape index (κ2) is 4.35. The van der Waals surface area contributed by atoms with Gasteiger partial charge in [-0.25, -0.2) is 9.78 Å². The van der Waals surface area contributed by atoms with Crippen LogP contribution in [0.5, 0.6) is 0 Å². The second-order valence-electron chi connectivity index (χ2n) is 4.47. The fourth-order valence-corrected chi connectivity index (χ4v) is 2.43. The molecule has 1 aliphatic heterocycles. The standard InChI is InChI=1S/C13H10ClN3O3/c1-16-9-4-7(14)2-3-8(9)12-15-5-10(13(19)20)17(12)6-11(16)18/h2-5H,6H2,1H3,(H,19,20). The molecular weight excluding hydrogens is 282 g/mol. The van der Waals surface area contributed by atoms with E-state index in [9.17, 15) is 9.59 Å². The molecule has 0 saturated carbocycles. The minimum atomic E-state index is -1.11. The fraction of sp³-hybridized carbons (Fsp3) is 0.154. The number of fused-ring (bicyclic) bond motifs is 3. The first-order valence-electron chi connectivity index (χ1n) is 5.84. The third-order valence-corrected chi connectivity index (χ3v) is 3.54. The number of benzene rings is 1. The van der Waals surface area contributed by atoms with Crippen molar-refractivity contribution in [2.24, 2.45) is 0 Å². The summed E-state index contributed by atoms with van der Waals surface area (Å²) >= 11 is 5.97. The van der Waals surface area contributed by atoms with E-state index in [2.05, 4.69) is 4.98 Å². The van der Waals surface area contributed by atoms with Gasteiger partial charge in [0.1, 0.15) is 18.1 Å². The minimum absolute atomic E-state index is 0.00968. The number of anilines is 1. The number of carboxylic acid groups (broad SMARTS) is 1. The third kappa shape index (κ3) is 1.77. The first-order chi connectivity index (χ1) is 9.49. The molecule has 0 fully saturated rings. The number of hydrogen-bond donors (Lipinski definition) is 1. The van der Waals surface area contributed by atoms with Crippen LogP contribution in [-0.4, -0.2) is 33.6 Å². The maximum atomic E-state index is 12.2. The van der Waals surface area contributed by atoms with Crippen LogP contribution in [0.15, 0.2) is 24.4 Å². The van der Waals surface area contributed by atoms with E-state index in [0.29, 0.717) is 22.1 Å². The summed E-state index contributed by atoms with van der Waals surface area (Å²) in [7, 11) is 1.63. The zero-order valence-corrected chi connectivity index (χ0v) is 11.3. The molecule has 3 rings (SSSR count). The van der Waals surface area contributed by atoms with Crippen LogP contribution in [0, 0.1) is 0 Å². The highest BCUT2D eigenvalue weighted by molar-refractivity contribution is 6.31. The average molecular weight is 292 g/mol. The van der Waals surface area contributed by atoms with Gasteiger partial charge in [0, 0.05) is 17.6 Å². The number of carbonyl (C=O) groups excluding carboxylic acids is 1. The molecule has 0 aliphatic carbocycles. The van der Waals surface area contributed by atoms with Gasteiger partial charge in [0.2, 0.25) is 5.91 Å². The van der Waals surface area contributed by atoms with Crippen molar-refractivity contribution in [2.45, 2.75) is 6.54 Å². The van der Waals surface area contributed by atoms with Gasteiger partial charge in [-0.1, -0.05) is 11.6 Å². The normalized spacial score (nSPS) is 13.7. The minimum Gasteiger partial charge on any atom is -0.477 e. The Hall–Kier alpha value is -2.34.